The molecule has 13 N–H and O–H groups in total. The average molecular weight is 2040 g/mol. The van der Waals surface area contributed by atoms with Gasteiger partial charge in [0, 0.05) is 31.8 Å². The van der Waals surface area contributed by atoms with E-state index in [0.717, 1.165) is 59.1 Å². The monoisotopic (exact) mass is 2040 g/mol. The zero-order chi connectivity index (χ0) is 106. The second kappa shape index (κ2) is 46.5. The molecule has 146 heavy (non-hydrogen) atoms. The predicted octanol–water partition coefficient (Wildman–Crippen LogP) is 15.2. The van der Waals surface area contributed by atoms with Crippen molar-refractivity contribution in [3.8, 4) is 28.4 Å². The summed E-state index contributed by atoms with van der Waals surface area (Å²) in [5.41, 5.74) is 7.01. The summed E-state index contributed by atoms with van der Waals surface area (Å²) in [6.07, 6.45) is 1.41. The Balaban J connectivity index is 0.850. The normalized spacial score (nSPS) is 16.4. The van der Waals surface area contributed by atoms with Crippen LogP contribution in [0.15, 0.2) is 174 Å². The van der Waals surface area contributed by atoms with Crippen LogP contribution in [-0.2, 0) is 92.6 Å². The number of rotatable bonds is 43. The third kappa shape index (κ3) is 27.5. The molecule has 3 aliphatic carbocycles. The maximum atomic E-state index is 16.4. The molecule has 0 radical (unpaired) electrons. The van der Waals surface area contributed by atoms with Gasteiger partial charge in [-0.1, -0.05) is 172 Å². The summed E-state index contributed by atoms with van der Waals surface area (Å²) in [5.74, 6) is -6.40. The van der Waals surface area contributed by atoms with Gasteiger partial charge in [-0.3, -0.25) is 39.6 Å². The maximum Gasteiger partial charge on any atom is 0.407 e. The van der Waals surface area contributed by atoms with E-state index in [2.05, 4.69) is 57.3 Å². The number of sulfonamides is 2. The zero-order valence-electron chi connectivity index (χ0n) is 87.6. The van der Waals surface area contributed by atoms with Gasteiger partial charge in [-0.25, -0.2) is 35.9 Å². The van der Waals surface area contributed by atoms with Gasteiger partial charge in [0.25, 0.3) is 20.0 Å². The first-order valence-electron chi connectivity index (χ1n) is 51.1. The van der Waals surface area contributed by atoms with E-state index in [1.165, 1.54) is 0 Å². The van der Waals surface area contributed by atoms with E-state index in [4.69, 9.17) is 39.2 Å². The maximum absolute atomic E-state index is 16.4. The summed E-state index contributed by atoms with van der Waals surface area (Å²) < 4.78 is 101. The van der Waals surface area contributed by atoms with Crippen LogP contribution in [0.4, 0.5) is 4.79 Å². The first-order valence-corrected chi connectivity index (χ1v) is 54.0. The molecule has 8 aromatic rings. The Morgan fingerprint density at radius 2 is 0.890 bits per heavy atom. The van der Waals surface area contributed by atoms with Crippen molar-refractivity contribution in [1.29, 1.82) is 10.8 Å². The highest BCUT2D eigenvalue weighted by Gasteiger charge is 2.48. The molecular weight excluding hydrogens is 1890 g/mol. The molecule has 0 aromatic heterocycles. The van der Waals surface area contributed by atoms with Crippen LogP contribution >= 0.6 is 0 Å². The van der Waals surface area contributed by atoms with Crippen LogP contribution in [0.2, 0.25) is 0 Å². The van der Waals surface area contributed by atoms with Crippen molar-refractivity contribution in [2.24, 2.45) is 17.8 Å². The van der Waals surface area contributed by atoms with Gasteiger partial charge in [-0.2, -0.15) is 0 Å². The van der Waals surface area contributed by atoms with Gasteiger partial charge < -0.3 is 76.3 Å². The van der Waals surface area contributed by atoms with Crippen molar-refractivity contribution in [2.75, 3.05) is 19.7 Å². The molecule has 13 rings (SSSR count). The molecule has 0 bridgehead atoms. The van der Waals surface area contributed by atoms with E-state index in [-0.39, 0.29) is 79.3 Å². The standard InChI is InChI=1S/C113H147N13O18S2/c1-20-66(2)93(123-108(134)139-65-87-85-44-32-30-42-83(85)84-43-31-33-45-86(84)87)103(131)122-94(73(9)141-109(10,11)12)104(132)120-89(47-35-63-117-107(115)126-146(137,138)99-70(6)68(4)96-82(72(99)8)59-61-112(18,19)144-96)100(128)119-90(56-57-92(127)124-113(77-36-24-21-25-37-77,78-38-26-22-27-39-78)79-40-28-23-29-41-79)102(130)118-88(46-34-62-116-106(114)125-145(135,136)98-69(5)67(3)95-81(71(98)7)58-60-111(16,17)143-95)101(129)121-91(105(133)140-97(75-50-51-75)76-52-53-76)64-74-48-54-80(55-49-74)142-110(13,14)15/h21-33,36-45,48-49,54-55,66,73,75-76,87-91,93-94,97H,20,34-35,46-47,50-53,56-65H2,1-19H3,(H,118,130)(H,119,128)(H,120,132)(H,121,129)(H,122,131)(H,123,134)(H,124,127)(H3,114,116,125)(H3,115,117,126)/t66-,73+,88-,89-,90-,91-,93-,94-/m0/s1. The number of benzene rings is 8. The van der Waals surface area contributed by atoms with Crippen LogP contribution in [0.5, 0.6) is 17.2 Å². The van der Waals surface area contributed by atoms with Gasteiger partial charge in [-0.15, -0.1) is 0 Å². The first kappa shape index (κ1) is 110. The Morgan fingerprint density at radius 1 is 0.479 bits per heavy atom. The quantitative estimate of drug-likeness (QED) is 0.00555. The fourth-order valence-corrected chi connectivity index (χ4v) is 23.1. The van der Waals surface area contributed by atoms with E-state index in [1.54, 1.807) is 100 Å². The van der Waals surface area contributed by atoms with Gasteiger partial charge in [-0.05, 0) is 320 Å². The van der Waals surface area contributed by atoms with E-state index >= 15 is 33.6 Å². The van der Waals surface area contributed by atoms with Crippen LogP contribution in [0.25, 0.3) is 11.1 Å². The molecule has 0 saturated heterocycles. The van der Waals surface area contributed by atoms with Crippen LogP contribution < -0.4 is 71.5 Å². The molecule has 784 valence electrons. The molecule has 2 heterocycles. The summed E-state index contributed by atoms with van der Waals surface area (Å²) >= 11 is 0. The van der Waals surface area contributed by atoms with Crippen molar-refractivity contribution in [3.05, 3.63) is 242 Å². The summed E-state index contributed by atoms with van der Waals surface area (Å²) in [4.78, 5) is 125. The SMILES string of the molecule is CC[C@H](C)[C@H](NC(=O)OCC1c2ccccc2-c2ccccc21)C(=O)N[C@H](C(=O)N[C@@H](CCCNC(=N)NS(=O)(=O)c1c(C)c(C)c2c(c1C)CCC(C)(C)O2)C(=O)N[C@@H](CCC(=O)NC(c1ccccc1)(c1ccccc1)c1ccccc1)C(=O)N[C@@H](CCCNC(=N)NS(=O)(=O)c1c(C)c(C)c2c(c1C)CCC(C)(C)O2)C(=O)N[C@@H](Cc1ccc(OC(C)(C)C)cc1)C(=O)OC(C1CC1)C1CC1)[C@@H](C)OC(C)(C)C. The summed E-state index contributed by atoms with van der Waals surface area (Å²) in [5, 5.41) is 44.5. The van der Waals surface area contributed by atoms with Crippen molar-refractivity contribution in [1.82, 2.24) is 57.3 Å². The molecular formula is C113H147N13O18S2. The van der Waals surface area contributed by atoms with Gasteiger partial charge in [0.15, 0.2) is 0 Å². The lowest BCUT2D eigenvalue weighted by Crippen LogP contribution is -2.62. The Bertz CT molecular complexity index is 6210. The van der Waals surface area contributed by atoms with Crippen molar-refractivity contribution < 1.29 is 83.6 Å². The molecule has 0 unspecified atom stereocenters. The van der Waals surface area contributed by atoms with Gasteiger partial charge in [0.2, 0.25) is 47.4 Å². The second-order valence-corrected chi connectivity index (χ2v) is 46.2. The molecule has 0 spiro atoms. The van der Waals surface area contributed by atoms with Crippen LogP contribution in [0.3, 0.4) is 0 Å². The lowest BCUT2D eigenvalue weighted by atomic mass is 9.77. The smallest absolute Gasteiger partial charge is 0.407 e. The summed E-state index contributed by atoms with van der Waals surface area (Å²) in [6.45, 7) is 33.8. The molecule has 31 nitrogen and oxygen atoms in total. The van der Waals surface area contributed by atoms with Crippen LogP contribution in [0, 0.1) is 70.1 Å². The van der Waals surface area contributed by atoms with E-state index in [1.807, 2.05) is 195 Å². The van der Waals surface area contributed by atoms with Crippen molar-refractivity contribution >= 4 is 79.5 Å². The van der Waals surface area contributed by atoms with Crippen LogP contribution in [0.1, 0.15) is 257 Å². The predicted molar refractivity (Wildman–Crippen MR) is 562 cm³/mol. The number of carbonyl (C=O) groups excluding carboxylic acids is 8. The molecule has 33 heteroatoms. The second-order valence-electron chi connectivity index (χ2n) is 42.9. The number of fused-ring (bicyclic) bond motifs is 5. The molecule has 7 amide bonds. The largest absolute Gasteiger partial charge is 0.488 e. The summed E-state index contributed by atoms with van der Waals surface area (Å²) in [7, 11) is -8.95. The van der Waals surface area contributed by atoms with E-state index < -0.39 is 175 Å². The molecule has 2 saturated carbocycles. The Hall–Kier alpha value is -12.9. The van der Waals surface area contributed by atoms with E-state index in [0.29, 0.717) is 105 Å². The number of guanidine groups is 2. The number of esters is 1. The molecule has 5 aliphatic rings. The number of carbonyl (C=O) groups is 8. The number of amides is 7. The van der Waals surface area contributed by atoms with Gasteiger partial charge >= 0.3 is 12.1 Å². The van der Waals surface area contributed by atoms with E-state index in [9.17, 15) is 21.6 Å². The van der Waals surface area contributed by atoms with Crippen molar-refractivity contribution in [3.63, 3.8) is 0 Å². The minimum absolute atomic E-state index is 0.0102. The molecule has 2 fully saturated rings. The minimum Gasteiger partial charge on any atom is -0.488 e. The number of hydrogen-bond donors (Lipinski definition) is 13. The third-order valence-electron chi connectivity index (χ3n) is 28.3. The summed E-state index contributed by atoms with van der Waals surface area (Å²) in [6, 6.07) is 40.8. The number of alkyl carbamates (subject to hydrolysis) is 1. The number of ether oxygens (including phenoxy) is 6. The Kier molecular flexibility index (Phi) is 35.1. The van der Waals surface area contributed by atoms with Gasteiger partial charge in [0.1, 0.15) is 88.6 Å². The zero-order valence-corrected chi connectivity index (χ0v) is 89.2. The highest BCUT2D eigenvalue weighted by molar-refractivity contribution is 7.90. The Labute approximate surface area is 859 Å². The van der Waals surface area contributed by atoms with Gasteiger partial charge in [0.05, 0.1) is 21.5 Å². The fourth-order valence-electron chi connectivity index (χ4n) is 20.1. The van der Waals surface area contributed by atoms with Crippen LogP contribution in [-0.4, -0.2) is 167 Å². The average Bonchev–Trinajstić information content (AvgIpc) is 1.56. The molecule has 8 aromatic carbocycles. The van der Waals surface area contributed by atoms with Crippen molar-refractivity contribution in [2.45, 2.75) is 326 Å². The highest BCUT2D eigenvalue weighted by atomic mass is 32.2. The molecule has 8 atom stereocenters. The minimum atomic E-state index is -4.49. The first-order chi connectivity index (χ1) is 69.0. The topological polar surface area (TPSA) is 440 Å². The number of nitrogens with one attached hydrogen (secondary N) is 13. The fraction of sp³-hybridized carbons (Fsp3) is 0.487. The third-order valence-corrected chi connectivity index (χ3v) is 31.6. The molecule has 2 aliphatic heterocycles. The lowest BCUT2D eigenvalue weighted by Gasteiger charge is -2.37. The Morgan fingerprint density at radius 3 is 1.32 bits per heavy atom. The lowest BCUT2D eigenvalue weighted by molar-refractivity contribution is -0.155. The highest BCUT2D eigenvalue weighted by Crippen LogP contribution is 2.49. The number of hydrogen-bond acceptors (Lipinski definition) is 20.